The van der Waals surface area contributed by atoms with Gasteiger partial charge in [0.1, 0.15) is 23.9 Å². The molecule has 0 unspecified atom stereocenters. The highest BCUT2D eigenvalue weighted by molar-refractivity contribution is 5.92. The second-order valence-corrected chi connectivity index (χ2v) is 8.37. The smallest absolute Gasteiger partial charge is 0.344 e. The molecule has 0 saturated heterocycles. The molecule has 37 heavy (non-hydrogen) atoms. The highest BCUT2D eigenvalue weighted by Crippen LogP contribution is 2.21. The zero-order valence-corrected chi connectivity index (χ0v) is 20.7. The Bertz CT molecular complexity index is 1400. The number of rotatable bonds is 10. The SMILES string of the molecule is Cc1ccc(C)n1-c1ccc(OCc2ccc(C(=O)N/N=C/c3cccc(O[C@H](C)C(=O)O)c3)o2)cc1. The summed E-state index contributed by atoms with van der Waals surface area (Å²) in [5, 5.41) is 12.9. The molecule has 0 aliphatic rings. The maximum atomic E-state index is 12.4. The van der Waals surface area contributed by atoms with E-state index in [0.29, 0.717) is 22.8 Å². The summed E-state index contributed by atoms with van der Waals surface area (Å²) in [5.74, 6) is 0.0685. The van der Waals surface area contributed by atoms with E-state index < -0.39 is 18.0 Å². The molecular formula is C28H27N3O6. The van der Waals surface area contributed by atoms with Crippen molar-refractivity contribution < 1.29 is 28.6 Å². The van der Waals surface area contributed by atoms with Gasteiger partial charge in [-0.1, -0.05) is 12.1 Å². The molecule has 190 valence electrons. The van der Waals surface area contributed by atoms with Gasteiger partial charge in [-0.05, 0) is 87.0 Å². The molecule has 2 heterocycles. The largest absolute Gasteiger partial charge is 0.486 e. The Morgan fingerprint density at radius 1 is 1.03 bits per heavy atom. The number of ether oxygens (including phenoxy) is 2. The standard InChI is InChI=1S/C28H27N3O6/c1-18-7-8-19(2)31(18)22-9-11-23(12-10-22)35-17-25-13-14-26(37-25)27(32)30-29-16-21-5-4-6-24(15-21)36-20(3)28(33)34/h4-16,20H,17H2,1-3H3,(H,30,32)(H,33,34)/b29-16+/t20-/m1/s1. The third-order valence-corrected chi connectivity index (χ3v) is 5.53. The number of aromatic nitrogens is 1. The summed E-state index contributed by atoms with van der Waals surface area (Å²) in [6, 6.07) is 21.8. The summed E-state index contributed by atoms with van der Waals surface area (Å²) in [5.41, 5.74) is 6.39. The van der Waals surface area contributed by atoms with Crippen molar-refractivity contribution in [3.05, 3.63) is 101 Å². The van der Waals surface area contributed by atoms with Crippen molar-refractivity contribution in [1.29, 1.82) is 0 Å². The predicted molar refractivity (Wildman–Crippen MR) is 138 cm³/mol. The minimum Gasteiger partial charge on any atom is -0.486 e. The van der Waals surface area contributed by atoms with Gasteiger partial charge in [0, 0.05) is 17.1 Å². The first-order valence-corrected chi connectivity index (χ1v) is 11.6. The molecule has 2 aromatic carbocycles. The lowest BCUT2D eigenvalue weighted by molar-refractivity contribution is -0.144. The molecule has 1 amide bonds. The van der Waals surface area contributed by atoms with Crippen LogP contribution in [0.3, 0.4) is 0 Å². The second kappa shape index (κ2) is 11.3. The number of nitrogens with one attached hydrogen (secondary N) is 1. The van der Waals surface area contributed by atoms with Crippen molar-refractivity contribution >= 4 is 18.1 Å². The molecule has 1 atom stereocenters. The minimum atomic E-state index is -1.06. The van der Waals surface area contributed by atoms with Gasteiger partial charge >= 0.3 is 11.9 Å². The number of hydrogen-bond donors (Lipinski definition) is 2. The molecule has 0 radical (unpaired) electrons. The number of carboxylic acids is 1. The highest BCUT2D eigenvalue weighted by atomic mass is 16.5. The fraction of sp³-hybridized carbons (Fsp3) is 0.179. The fourth-order valence-corrected chi connectivity index (χ4v) is 3.64. The Morgan fingerprint density at radius 3 is 2.46 bits per heavy atom. The third-order valence-electron chi connectivity index (χ3n) is 5.53. The lowest BCUT2D eigenvalue weighted by Crippen LogP contribution is -2.22. The van der Waals surface area contributed by atoms with Crippen LogP contribution in [-0.4, -0.2) is 33.9 Å². The Labute approximate surface area is 213 Å². The summed E-state index contributed by atoms with van der Waals surface area (Å²) in [6.07, 6.45) is 0.436. The molecule has 0 spiro atoms. The van der Waals surface area contributed by atoms with Gasteiger partial charge in [0.2, 0.25) is 0 Å². The number of hydrazone groups is 1. The zero-order valence-electron chi connectivity index (χ0n) is 20.7. The number of hydrogen-bond acceptors (Lipinski definition) is 6. The summed E-state index contributed by atoms with van der Waals surface area (Å²) >= 11 is 0. The predicted octanol–water partition coefficient (Wildman–Crippen LogP) is 4.88. The van der Waals surface area contributed by atoms with Crippen LogP contribution >= 0.6 is 0 Å². The van der Waals surface area contributed by atoms with E-state index in [4.69, 9.17) is 19.0 Å². The van der Waals surface area contributed by atoms with Gasteiger partial charge in [0.05, 0.1) is 6.21 Å². The Morgan fingerprint density at radius 2 is 1.76 bits per heavy atom. The van der Waals surface area contributed by atoms with E-state index in [2.05, 4.69) is 41.1 Å². The maximum Gasteiger partial charge on any atom is 0.344 e. The van der Waals surface area contributed by atoms with E-state index in [1.54, 1.807) is 36.4 Å². The average Bonchev–Trinajstić information content (AvgIpc) is 3.49. The summed E-state index contributed by atoms with van der Waals surface area (Å²) in [6.45, 7) is 5.73. The van der Waals surface area contributed by atoms with Crippen molar-refractivity contribution in [3.8, 4) is 17.2 Å². The number of benzene rings is 2. The Balaban J connectivity index is 1.29. The minimum absolute atomic E-state index is 0.0945. The Hall–Kier alpha value is -4.79. The fourth-order valence-electron chi connectivity index (χ4n) is 3.64. The number of amides is 1. The molecule has 0 aliphatic heterocycles. The first-order chi connectivity index (χ1) is 17.8. The quantitative estimate of drug-likeness (QED) is 0.236. The van der Waals surface area contributed by atoms with Gasteiger partial charge in [-0.15, -0.1) is 0 Å². The van der Waals surface area contributed by atoms with Crippen molar-refractivity contribution in [3.63, 3.8) is 0 Å². The first-order valence-electron chi connectivity index (χ1n) is 11.6. The van der Waals surface area contributed by atoms with Gasteiger partial charge in [-0.2, -0.15) is 5.10 Å². The van der Waals surface area contributed by atoms with Crippen LogP contribution < -0.4 is 14.9 Å². The van der Waals surface area contributed by atoms with Gasteiger partial charge in [0.25, 0.3) is 0 Å². The molecule has 0 aliphatic carbocycles. The van der Waals surface area contributed by atoms with Crippen LogP contribution in [0.25, 0.3) is 5.69 Å². The topological polar surface area (TPSA) is 115 Å². The van der Waals surface area contributed by atoms with Crippen LogP contribution in [0.4, 0.5) is 0 Å². The van der Waals surface area contributed by atoms with E-state index in [0.717, 1.165) is 17.1 Å². The van der Waals surface area contributed by atoms with Crippen molar-refractivity contribution in [1.82, 2.24) is 9.99 Å². The number of nitrogens with zero attached hydrogens (tertiary/aromatic N) is 2. The molecule has 0 bridgehead atoms. The van der Waals surface area contributed by atoms with Gasteiger partial charge in [0.15, 0.2) is 11.9 Å². The third kappa shape index (κ3) is 6.46. The summed E-state index contributed by atoms with van der Waals surface area (Å²) < 4.78 is 18.9. The summed E-state index contributed by atoms with van der Waals surface area (Å²) in [4.78, 5) is 23.3. The van der Waals surface area contributed by atoms with Gasteiger partial charge in [-0.25, -0.2) is 10.2 Å². The average molecular weight is 502 g/mol. The molecule has 0 fully saturated rings. The Kier molecular flexibility index (Phi) is 7.73. The summed E-state index contributed by atoms with van der Waals surface area (Å²) in [7, 11) is 0. The van der Waals surface area contributed by atoms with Gasteiger partial charge < -0.3 is 23.6 Å². The lowest BCUT2D eigenvalue weighted by atomic mass is 10.2. The van der Waals surface area contributed by atoms with Crippen molar-refractivity contribution in [2.24, 2.45) is 5.10 Å². The number of carbonyl (C=O) groups excluding carboxylic acids is 1. The molecule has 2 N–H and O–H groups in total. The first kappa shape index (κ1) is 25.3. The molecule has 4 rings (SSSR count). The van der Waals surface area contributed by atoms with E-state index in [-0.39, 0.29) is 12.4 Å². The number of carbonyl (C=O) groups is 2. The molecule has 4 aromatic rings. The zero-order chi connectivity index (χ0) is 26.4. The maximum absolute atomic E-state index is 12.4. The molecule has 2 aromatic heterocycles. The monoisotopic (exact) mass is 501 g/mol. The second-order valence-electron chi connectivity index (χ2n) is 8.37. The van der Waals surface area contributed by atoms with E-state index in [1.807, 2.05) is 24.3 Å². The van der Waals surface area contributed by atoms with Gasteiger partial charge in [-0.3, -0.25) is 4.79 Å². The van der Waals surface area contributed by atoms with E-state index in [1.165, 1.54) is 13.1 Å². The van der Waals surface area contributed by atoms with Crippen LogP contribution in [0, 0.1) is 13.8 Å². The van der Waals surface area contributed by atoms with Crippen molar-refractivity contribution in [2.75, 3.05) is 0 Å². The molecule has 9 nitrogen and oxygen atoms in total. The lowest BCUT2D eigenvalue weighted by Gasteiger charge is -2.10. The highest BCUT2D eigenvalue weighted by Gasteiger charge is 2.13. The molecular weight excluding hydrogens is 474 g/mol. The van der Waals surface area contributed by atoms with E-state index >= 15 is 0 Å². The number of aryl methyl sites for hydroxylation is 2. The van der Waals surface area contributed by atoms with Crippen LogP contribution in [0.1, 0.15) is 40.2 Å². The van der Waals surface area contributed by atoms with Crippen LogP contribution in [0.15, 0.2) is 82.3 Å². The normalized spacial score (nSPS) is 11.9. The van der Waals surface area contributed by atoms with Crippen LogP contribution in [-0.2, 0) is 11.4 Å². The number of carboxylic acid groups (broad SMARTS) is 1. The molecule has 9 heteroatoms. The number of furan rings is 1. The van der Waals surface area contributed by atoms with Crippen LogP contribution in [0.2, 0.25) is 0 Å². The number of aliphatic carboxylic acids is 1. The molecule has 0 saturated carbocycles. The van der Waals surface area contributed by atoms with E-state index in [9.17, 15) is 9.59 Å². The van der Waals surface area contributed by atoms with Crippen molar-refractivity contribution in [2.45, 2.75) is 33.5 Å². The van der Waals surface area contributed by atoms with Crippen LogP contribution in [0.5, 0.6) is 11.5 Å².